The third-order valence-electron chi connectivity index (χ3n) is 6.09. The minimum Gasteiger partial charge on any atom is -0.399 e. The SMILES string of the molecule is C=C(CCC)C1=C(C)Nc2nc3c(c(N)c2C1c1cccc(N)c1)CC(F)(F)CC3. The summed E-state index contributed by atoms with van der Waals surface area (Å²) in [6, 6.07) is 7.64. The summed E-state index contributed by atoms with van der Waals surface area (Å²) < 4.78 is 28.4. The van der Waals surface area contributed by atoms with Gasteiger partial charge in [0.1, 0.15) is 5.82 Å². The number of nitrogens with one attached hydrogen (secondary N) is 1. The van der Waals surface area contributed by atoms with Crippen LogP contribution in [0.3, 0.4) is 0 Å². The quantitative estimate of drug-likeness (QED) is 0.577. The van der Waals surface area contributed by atoms with Crippen LogP contribution in [0.4, 0.5) is 26.0 Å². The van der Waals surface area contributed by atoms with Gasteiger partial charge in [-0.1, -0.05) is 32.1 Å². The van der Waals surface area contributed by atoms with Gasteiger partial charge in [0.25, 0.3) is 5.92 Å². The Labute approximate surface area is 176 Å². The average molecular weight is 411 g/mol. The van der Waals surface area contributed by atoms with Gasteiger partial charge in [0, 0.05) is 52.7 Å². The maximum Gasteiger partial charge on any atom is 0.252 e. The number of allylic oxidation sites excluding steroid dienone is 3. The van der Waals surface area contributed by atoms with Crippen LogP contribution < -0.4 is 16.8 Å². The molecular formula is C24H28F2N4. The molecule has 0 bridgehead atoms. The summed E-state index contributed by atoms with van der Waals surface area (Å²) in [7, 11) is 0. The van der Waals surface area contributed by atoms with Crippen LogP contribution in [0.5, 0.6) is 0 Å². The molecule has 2 aromatic rings. The second kappa shape index (κ2) is 7.42. The van der Waals surface area contributed by atoms with Crippen LogP contribution >= 0.6 is 0 Å². The number of pyridine rings is 1. The first kappa shape index (κ1) is 20.4. The lowest BCUT2D eigenvalue weighted by Crippen LogP contribution is -2.30. The normalized spacial score (nSPS) is 19.7. The van der Waals surface area contributed by atoms with E-state index in [-0.39, 0.29) is 25.2 Å². The van der Waals surface area contributed by atoms with Crippen LogP contribution in [0.25, 0.3) is 0 Å². The molecule has 1 aliphatic heterocycles. The zero-order chi connectivity index (χ0) is 21.6. The number of fused-ring (bicyclic) bond motifs is 2. The van der Waals surface area contributed by atoms with Gasteiger partial charge in [0.05, 0.1) is 0 Å². The van der Waals surface area contributed by atoms with Gasteiger partial charge in [0.15, 0.2) is 0 Å². The fourth-order valence-electron chi connectivity index (χ4n) is 4.73. The number of aromatic nitrogens is 1. The van der Waals surface area contributed by atoms with Crippen LogP contribution in [0.15, 0.2) is 47.7 Å². The van der Waals surface area contributed by atoms with E-state index < -0.39 is 5.92 Å². The summed E-state index contributed by atoms with van der Waals surface area (Å²) >= 11 is 0. The van der Waals surface area contributed by atoms with E-state index in [0.717, 1.165) is 40.8 Å². The number of nitrogen functional groups attached to an aromatic ring is 2. The predicted octanol–water partition coefficient (Wildman–Crippen LogP) is 5.56. The summed E-state index contributed by atoms with van der Waals surface area (Å²) in [6.07, 6.45) is 1.45. The number of aryl methyl sites for hydroxylation is 1. The maximum atomic E-state index is 14.2. The molecule has 1 atom stereocenters. The van der Waals surface area contributed by atoms with Crippen molar-refractivity contribution in [1.82, 2.24) is 4.98 Å². The van der Waals surface area contributed by atoms with E-state index in [2.05, 4.69) is 18.8 Å². The highest BCUT2D eigenvalue weighted by molar-refractivity contribution is 5.76. The highest BCUT2D eigenvalue weighted by Gasteiger charge is 2.40. The first-order valence-electron chi connectivity index (χ1n) is 10.4. The molecule has 0 fully saturated rings. The number of hydrogen-bond donors (Lipinski definition) is 3. The van der Waals surface area contributed by atoms with E-state index in [0.29, 0.717) is 28.5 Å². The molecule has 1 aromatic heterocycles. The number of rotatable bonds is 4. The van der Waals surface area contributed by atoms with E-state index >= 15 is 0 Å². The van der Waals surface area contributed by atoms with Crippen molar-refractivity contribution in [2.75, 3.05) is 16.8 Å². The van der Waals surface area contributed by atoms with E-state index in [4.69, 9.17) is 16.5 Å². The molecule has 4 nitrogen and oxygen atoms in total. The van der Waals surface area contributed by atoms with E-state index in [1.165, 1.54) is 0 Å². The number of anilines is 3. The maximum absolute atomic E-state index is 14.2. The minimum absolute atomic E-state index is 0.197. The van der Waals surface area contributed by atoms with Gasteiger partial charge in [-0.2, -0.15) is 0 Å². The largest absolute Gasteiger partial charge is 0.399 e. The average Bonchev–Trinajstić information content (AvgIpc) is 2.67. The fourth-order valence-corrected chi connectivity index (χ4v) is 4.73. The van der Waals surface area contributed by atoms with Crippen molar-refractivity contribution < 1.29 is 8.78 Å². The first-order valence-corrected chi connectivity index (χ1v) is 10.4. The summed E-state index contributed by atoms with van der Waals surface area (Å²) in [5.41, 5.74) is 19.6. The Kier molecular flexibility index (Phi) is 5.04. The standard InChI is InChI=1S/C24H28F2N4/c1-4-6-13(2)19-14(3)29-23-21(20(19)15-7-5-8-16(27)11-15)22(28)17-12-24(25,26)10-9-18(17)30-23/h5,7-8,11,20H,2,4,6,9-10,12,27H2,1,3H3,(H3,28,29,30). The molecule has 1 aromatic carbocycles. The lowest BCUT2D eigenvalue weighted by atomic mass is 9.76. The first-order chi connectivity index (χ1) is 14.2. The second-order valence-electron chi connectivity index (χ2n) is 8.37. The van der Waals surface area contributed by atoms with E-state index in [1.807, 2.05) is 31.2 Å². The number of benzene rings is 1. The van der Waals surface area contributed by atoms with Crippen molar-refractivity contribution in [2.24, 2.45) is 0 Å². The number of hydrogen-bond acceptors (Lipinski definition) is 4. The molecule has 2 aliphatic rings. The molecule has 158 valence electrons. The molecule has 0 spiro atoms. The number of nitrogens with two attached hydrogens (primary N) is 2. The topological polar surface area (TPSA) is 77.0 Å². The van der Waals surface area contributed by atoms with Gasteiger partial charge < -0.3 is 16.8 Å². The van der Waals surface area contributed by atoms with Crippen molar-refractivity contribution in [3.05, 3.63) is 70.1 Å². The number of nitrogens with zero attached hydrogens (tertiary/aromatic N) is 1. The van der Waals surface area contributed by atoms with Gasteiger partial charge in [-0.25, -0.2) is 13.8 Å². The Morgan fingerprint density at radius 3 is 2.80 bits per heavy atom. The number of alkyl halides is 2. The van der Waals surface area contributed by atoms with E-state index in [9.17, 15) is 8.78 Å². The molecule has 2 heterocycles. The zero-order valence-electron chi connectivity index (χ0n) is 17.5. The Morgan fingerprint density at radius 1 is 1.33 bits per heavy atom. The molecule has 30 heavy (non-hydrogen) atoms. The van der Waals surface area contributed by atoms with Gasteiger partial charge in [0.2, 0.25) is 0 Å². The number of halogens is 2. The van der Waals surface area contributed by atoms with Crippen molar-refractivity contribution >= 4 is 17.2 Å². The van der Waals surface area contributed by atoms with Gasteiger partial charge in [-0.3, -0.25) is 0 Å². The molecule has 0 radical (unpaired) electrons. The molecule has 1 aliphatic carbocycles. The molecule has 4 rings (SSSR count). The van der Waals surface area contributed by atoms with Crippen LogP contribution in [-0.2, 0) is 12.8 Å². The van der Waals surface area contributed by atoms with Crippen LogP contribution in [-0.4, -0.2) is 10.9 Å². The molecule has 1 unspecified atom stereocenters. The summed E-state index contributed by atoms with van der Waals surface area (Å²) in [5, 5.41) is 3.38. The monoisotopic (exact) mass is 410 g/mol. The van der Waals surface area contributed by atoms with Crippen LogP contribution in [0.1, 0.15) is 61.4 Å². The zero-order valence-corrected chi connectivity index (χ0v) is 17.5. The Hall–Kier alpha value is -2.89. The van der Waals surface area contributed by atoms with Crippen molar-refractivity contribution in [2.45, 2.75) is 57.8 Å². The molecule has 0 amide bonds. The molecule has 0 saturated heterocycles. The van der Waals surface area contributed by atoms with Crippen molar-refractivity contribution in [1.29, 1.82) is 0 Å². The minimum atomic E-state index is -2.76. The highest BCUT2D eigenvalue weighted by atomic mass is 19.3. The lowest BCUT2D eigenvalue weighted by molar-refractivity contribution is -0.0126. The Bertz CT molecular complexity index is 1060. The summed E-state index contributed by atoms with van der Waals surface area (Å²) in [6.45, 7) is 8.43. The van der Waals surface area contributed by atoms with Gasteiger partial charge in [-0.05, 0) is 48.6 Å². The summed E-state index contributed by atoms with van der Waals surface area (Å²) in [5.74, 6) is -2.36. The van der Waals surface area contributed by atoms with E-state index in [1.54, 1.807) is 0 Å². The van der Waals surface area contributed by atoms with Gasteiger partial charge >= 0.3 is 0 Å². The van der Waals surface area contributed by atoms with Crippen LogP contribution in [0, 0.1) is 0 Å². The smallest absolute Gasteiger partial charge is 0.252 e. The molecule has 5 N–H and O–H groups in total. The van der Waals surface area contributed by atoms with Gasteiger partial charge in [-0.15, -0.1) is 0 Å². The Balaban J connectivity index is 1.96. The Morgan fingerprint density at radius 2 is 2.10 bits per heavy atom. The molecule has 6 heteroatoms. The third kappa shape index (κ3) is 3.44. The lowest BCUT2D eigenvalue weighted by Gasteiger charge is -2.35. The highest BCUT2D eigenvalue weighted by Crippen LogP contribution is 2.49. The molecular weight excluding hydrogens is 382 g/mol. The van der Waals surface area contributed by atoms with Crippen molar-refractivity contribution in [3.8, 4) is 0 Å². The second-order valence-corrected chi connectivity index (χ2v) is 8.37. The predicted molar refractivity (Wildman–Crippen MR) is 119 cm³/mol. The third-order valence-corrected chi connectivity index (χ3v) is 6.09. The van der Waals surface area contributed by atoms with Crippen LogP contribution in [0.2, 0.25) is 0 Å². The van der Waals surface area contributed by atoms with Crippen molar-refractivity contribution in [3.63, 3.8) is 0 Å². The summed E-state index contributed by atoms with van der Waals surface area (Å²) in [4.78, 5) is 4.75. The molecule has 0 saturated carbocycles. The fraction of sp³-hybridized carbons (Fsp3) is 0.375.